The van der Waals surface area contributed by atoms with Crippen LogP contribution in [0, 0.1) is 17.8 Å². The fourth-order valence-electron chi connectivity index (χ4n) is 2.31. The van der Waals surface area contributed by atoms with Crippen molar-refractivity contribution in [2.24, 2.45) is 5.41 Å². The average Bonchev–Trinajstić information content (AvgIpc) is 2.45. The first-order valence-electron chi connectivity index (χ1n) is 6.77. The maximum absolute atomic E-state index is 6.27. The van der Waals surface area contributed by atoms with Crippen molar-refractivity contribution in [1.29, 1.82) is 0 Å². The average molecular weight is 264 g/mol. The number of ether oxygens (including phenoxy) is 1. The van der Waals surface area contributed by atoms with Gasteiger partial charge in [0, 0.05) is 11.0 Å². The van der Waals surface area contributed by atoms with E-state index in [-0.39, 0.29) is 5.41 Å². The van der Waals surface area contributed by atoms with Gasteiger partial charge in [-0.1, -0.05) is 75.2 Å². The molecule has 0 aliphatic heterocycles. The maximum Gasteiger partial charge on any atom is 0.199 e. The first-order valence-corrected chi connectivity index (χ1v) is 6.77. The highest BCUT2D eigenvalue weighted by Gasteiger charge is 2.44. The van der Waals surface area contributed by atoms with Gasteiger partial charge in [0.2, 0.25) is 0 Å². The normalized spacial score (nSPS) is 14.1. The lowest BCUT2D eigenvalue weighted by atomic mass is 9.72. The second-order valence-corrected chi connectivity index (χ2v) is 5.86. The molecule has 0 aromatic heterocycles. The maximum atomic E-state index is 6.27. The highest BCUT2D eigenvalue weighted by Crippen LogP contribution is 2.42. The van der Waals surface area contributed by atoms with Gasteiger partial charge in [-0.05, 0) is 12.1 Å². The summed E-state index contributed by atoms with van der Waals surface area (Å²) in [5.41, 5.74) is -0.0342. The van der Waals surface area contributed by atoms with Gasteiger partial charge in [-0.2, -0.15) is 0 Å². The van der Waals surface area contributed by atoms with Crippen molar-refractivity contribution in [2.75, 3.05) is 0 Å². The first kappa shape index (κ1) is 14.2. The van der Waals surface area contributed by atoms with Crippen LogP contribution in [-0.4, -0.2) is 0 Å². The zero-order valence-electron chi connectivity index (χ0n) is 12.3. The van der Waals surface area contributed by atoms with E-state index in [0.717, 1.165) is 11.3 Å². The minimum atomic E-state index is -0.796. The number of terminal acetylenes is 1. The van der Waals surface area contributed by atoms with Crippen LogP contribution in [0.25, 0.3) is 0 Å². The molecule has 20 heavy (non-hydrogen) atoms. The summed E-state index contributed by atoms with van der Waals surface area (Å²) in [7, 11) is 0. The second kappa shape index (κ2) is 5.43. The standard InChI is InChI=1S/C19H20O/c1-5-19(18(2,3)4,16-12-8-6-9-13-16)20-17-14-10-7-11-15-17/h1,6-15H,2-4H3. The second-order valence-electron chi connectivity index (χ2n) is 5.86. The number of hydrogen-bond donors (Lipinski definition) is 0. The van der Waals surface area contributed by atoms with E-state index in [2.05, 4.69) is 26.7 Å². The van der Waals surface area contributed by atoms with Crippen molar-refractivity contribution >= 4 is 0 Å². The lowest BCUT2D eigenvalue weighted by Crippen LogP contribution is -2.44. The number of para-hydroxylation sites is 1. The Kier molecular flexibility index (Phi) is 3.86. The van der Waals surface area contributed by atoms with Crippen LogP contribution in [0.15, 0.2) is 60.7 Å². The highest BCUT2D eigenvalue weighted by molar-refractivity contribution is 5.37. The van der Waals surface area contributed by atoms with Crippen molar-refractivity contribution in [2.45, 2.75) is 26.4 Å². The van der Waals surface area contributed by atoms with Gasteiger partial charge in [0.1, 0.15) is 5.75 Å². The SMILES string of the molecule is C#CC(Oc1ccccc1)(c1ccccc1)C(C)(C)C. The smallest absolute Gasteiger partial charge is 0.199 e. The molecule has 1 unspecified atom stereocenters. The third-order valence-electron chi connectivity index (χ3n) is 3.45. The Morgan fingerprint density at radius 1 is 0.850 bits per heavy atom. The van der Waals surface area contributed by atoms with E-state index >= 15 is 0 Å². The van der Waals surface area contributed by atoms with Crippen LogP contribution in [0.2, 0.25) is 0 Å². The Bertz CT molecular complexity index is 587. The number of hydrogen-bond acceptors (Lipinski definition) is 1. The van der Waals surface area contributed by atoms with Gasteiger partial charge >= 0.3 is 0 Å². The number of rotatable bonds is 3. The third kappa shape index (κ3) is 2.56. The molecule has 0 N–H and O–H groups in total. The Morgan fingerprint density at radius 3 is 1.80 bits per heavy atom. The summed E-state index contributed by atoms with van der Waals surface area (Å²) < 4.78 is 6.27. The lowest BCUT2D eigenvalue weighted by Gasteiger charge is -2.41. The van der Waals surface area contributed by atoms with Crippen molar-refractivity contribution in [3.8, 4) is 18.1 Å². The summed E-state index contributed by atoms with van der Waals surface area (Å²) >= 11 is 0. The summed E-state index contributed by atoms with van der Waals surface area (Å²) in [6.07, 6.45) is 5.90. The molecule has 102 valence electrons. The molecule has 0 saturated heterocycles. The van der Waals surface area contributed by atoms with Crippen LogP contribution in [0.5, 0.6) is 5.75 Å². The molecule has 0 aliphatic rings. The zero-order valence-corrected chi connectivity index (χ0v) is 12.3. The van der Waals surface area contributed by atoms with Gasteiger partial charge in [-0.25, -0.2) is 0 Å². The van der Waals surface area contributed by atoms with Gasteiger partial charge in [0.15, 0.2) is 5.60 Å². The van der Waals surface area contributed by atoms with E-state index in [9.17, 15) is 0 Å². The van der Waals surface area contributed by atoms with E-state index in [0.29, 0.717) is 0 Å². The Labute approximate surface area is 121 Å². The number of benzene rings is 2. The van der Waals surface area contributed by atoms with Crippen LogP contribution in [0.3, 0.4) is 0 Å². The molecule has 1 heteroatoms. The molecule has 2 aromatic carbocycles. The predicted octanol–water partition coefficient (Wildman–Crippen LogP) is 4.64. The summed E-state index contributed by atoms with van der Waals surface area (Å²) in [4.78, 5) is 0. The minimum Gasteiger partial charge on any atom is -0.470 e. The molecule has 0 saturated carbocycles. The zero-order chi connectivity index (χ0) is 14.6. The first-order chi connectivity index (χ1) is 9.49. The largest absolute Gasteiger partial charge is 0.470 e. The molecule has 1 nitrogen and oxygen atoms in total. The van der Waals surface area contributed by atoms with E-state index in [1.807, 2.05) is 60.7 Å². The molecule has 0 radical (unpaired) electrons. The van der Waals surface area contributed by atoms with Crippen LogP contribution < -0.4 is 4.74 Å². The fraction of sp³-hybridized carbons (Fsp3) is 0.263. The van der Waals surface area contributed by atoms with Crippen molar-refractivity contribution in [3.05, 3.63) is 66.2 Å². The van der Waals surface area contributed by atoms with E-state index in [1.54, 1.807) is 0 Å². The van der Waals surface area contributed by atoms with Crippen LogP contribution in [-0.2, 0) is 5.60 Å². The third-order valence-corrected chi connectivity index (χ3v) is 3.45. The Balaban J connectivity index is 2.53. The molecular formula is C19H20O. The monoisotopic (exact) mass is 264 g/mol. The molecule has 1 atom stereocenters. The molecule has 2 rings (SSSR count). The quantitative estimate of drug-likeness (QED) is 0.734. The van der Waals surface area contributed by atoms with Gasteiger partial charge in [0.25, 0.3) is 0 Å². The fourth-order valence-corrected chi connectivity index (χ4v) is 2.31. The molecule has 2 aromatic rings. The molecule has 0 spiro atoms. The van der Waals surface area contributed by atoms with Crippen molar-refractivity contribution < 1.29 is 4.74 Å². The summed E-state index contributed by atoms with van der Waals surface area (Å²) in [5.74, 6) is 3.68. The predicted molar refractivity (Wildman–Crippen MR) is 83.5 cm³/mol. The highest BCUT2D eigenvalue weighted by atomic mass is 16.5. The van der Waals surface area contributed by atoms with E-state index in [1.165, 1.54) is 0 Å². The topological polar surface area (TPSA) is 9.23 Å². The Hall–Kier alpha value is -2.20. The minimum absolute atomic E-state index is 0.237. The van der Waals surface area contributed by atoms with Crippen LogP contribution >= 0.6 is 0 Å². The van der Waals surface area contributed by atoms with Crippen molar-refractivity contribution in [1.82, 2.24) is 0 Å². The molecule has 0 heterocycles. The summed E-state index contributed by atoms with van der Waals surface area (Å²) in [5, 5.41) is 0. The van der Waals surface area contributed by atoms with E-state index in [4.69, 9.17) is 11.2 Å². The molecular weight excluding hydrogens is 244 g/mol. The summed E-state index contributed by atoms with van der Waals surface area (Å²) in [6.45, 7) is 6.30. The van der Waals surface area contributed by atoms with Gasteiger partial charge in [-0.15, -0.1) is 6.42 Å². The molecule has 0 bridgehead atoms. The molecule has 0 aliphatic carbocycles. The Morgan fingerprint density at radius 2 is 1.35 bits per heavy atom. The van der Waals surface area contributed by atoms with Crippen LogP contribution in [0.1, 0.15) is 26.3 Å². The molecule has 0 fully saturated rings. The van der Waals surface area contributed by atoms with Gasteiger partial charge in [-0.3, -0.25) is 0 Å². The van der Waals surface area contributed by atoms with Crippen LogP contribution in [0.4, 0.5) is 0 Å². The lowest BCUT2D eigenvalue weighted by molar-refractivity contribution is 0.0165. The van der Waals surface area contributed by atoms with E-state index < -0.39 is 5.60 Å². The van der Waals surface area contributed by atoms with Gasteiger partial charge < -0.3 is 4.74 Å². The molecule has 0 amide bonds. The van der Waals surface area contributed by atoms with Gasteiger partial charge in [0.05, 0.1) is 0 Å². The summed E-state index contributed by atoms with van der Waals surface area (Å²) in [6, 6.07) is 19.7. The van der Waals surface area contributed by atoms with Crippen molar-refractivity contribution in [3.63, 3.8) is 0 Å².